The maximum atomic E-state index is 12.9. The van der Waals surface area contributed by atoms with E-state index >= 15 is 0 Å². The summed E-state index contributed by atoms with van der Waals surface area (Å²) in [5.41, 5.74) is 8.63. The van der Waals surface area contributed by atoms with Gasteiger partial charge in [-0.15, -0.1) is 0 Å². The molecule has 10 nitrogen and oxygen atoms in total. The zero-order chi connectivity index (χ0) is 64.4. The van der Waals surface area contributed by atoms with Crippen LogP contribution in [0, 0.1) is 5.41 Å². The van der Waals surface area contributed by atoms with Crippen molar-refractivity contribution in [3.05, 3.63) is 197 Å². The fraction of sp³-hybridized carbons (Fsp3) is 0.0769. The summed E-state index contributed by atoms with van der Waals surface area (Å²) >= 11 is 0. The Morgan fingerprint density at radius 3 is 0.525 bits per heavy atom. The molecule has 37 rings (SSSR count). The molecule has 10 heteroatoms. The van der Waals surface area contributed by atoms with Crippen LogP contribution in [0.1, 0.15) is 90.4 Å². The van der Waals surface area contributed by atoms with Gasteiger partial charge in [-0.25, -0.2) is 0 Å². The second-order valence-electron chi connectivity index (χ2n) is 33.8. The summed E-state index contributed by atoms with van der Waals surface area (Å²) in [6, 6.07) is 26.1. The number of benzene rings is 20. The van der Waals surface area contributed by atoms with Gasteiger partial charge in [-0.05, 0) is 382 Å². The van der Waals surface area contributed by atoms with Gasteiger partial charge in [-0.2, -0.15) is 0 Å². The maximum Gasteiger partial charge on any atom is 0.119 e. The summed E-state index contributed by atoms with van der Waals surface area (Å²) in [6.45, 7) is 2.44. The Hall–Kier alpha value is -12.9. The van der Waals surface area contributed by atoms with E-state index in [1.54, 1.807) is 0 Å². The number of hydrogen-bond acceptors (Lipinski definition) is 10. The van der Waals surface area contributed by atoms with Crippen LogP contribution in [0.25, 0.3) is 215 Å². The second-order valence-corrected chi connectivity index (χ2v) is 33.8. The van der Waals surface area contributed by atoms with E-state index in [-0.39, 0.29) is 57.5 Å². The number of phenolic OH excluding ortho intramolecular Hbond substituents is 10. The minimum absolute atomic E-state index is 0.115. The van der Waals surface area contributed by atoms with Gasteiger partial charge in [0.15, 0.2) is 0 Å². The van der Waals surface area contributed by atoms with Crippen LogP contribution >= 0.6 is 0 Å². The van der Waals surface area contributed by atoms with E-state index in [4.69, 9.17) is 0 Å². The lowest BCUT2D eigenvalue weighted by atomic mass is 9.34. The predicted octanol–water partition coefficient (Wildman–Crippen LogP) is 18.6. The van der Waals surface area contributed by atoms with Crippen molar-refractivity contribution in [2.75, 3.05) is 0 Å². The first-order valence-electron chi connectivity index (χ1n) is 35.1. The monoisotopic (exact) mass is 1280 g/mol. The minimum Gasteiger partial charge on any atom is -0.508 e. The number of allylic oxidation sites excluding steroid dienone is 4. The van der Waals surface area contributed by atoms with Gasteiger partial charge in [-0.1, -0.05) is 6.92 Å². The third kappa shape index (κ3) is 2.80. The zero-order valence-electron chi connectivity index (χ0n) is 51.6. The average molecular weight is 1280 g/mol. The Labute approximate surface area is 556 Å². The van der Waals surface area contributed by atoms with Gasteiger partial charge in [0.2, 0.25) is 0 Å². The van der Waals surface area contributed by atoms with E-state index in [1.807, 2.05) is 60.7 Å². The third-order valence-electron chi connectivity index (χ3n) is 31.9. The Morgan fingerprint density at radius 2 is 0.317 bits per heavy atom. The van der Waals surface area contributed by atoms with Gasteiger partial charge < -0.3 is 51.1 Å². The summed E-state index contributed by atoms with van der Waals surface area (Å²) in [4.78, 5) is 0. The van der Waals surface area contributed by atoms with Crippen LogP contribution in [0.2, 0.25) is 0 Å². The topological polar surface area (TPSA) is 202 Å². The summed E-state index contributed by atoms with van der Waals surface area (Å²) in [5.74, 6) is -1.18. The molecule has 4 atom stereocenters. The van der Waals surface area contributed by atoms with Crippen LogP contribution in [-0.4, -0.2) is 51.1 Å². The van der Waals surface area contributed by atoms with Crippen molar-refractivity contribution in [3.63, 3.8) is 0 Å². The fourth-order valence-corrected chi connectivity index (χ4v) is 31.6. The molecule has 11 aliphatic carbocycles. The number of rotatable bonds is 5. The highest BCUT2D eigenvalue weighted by molar-refractivity contribution is 6.77. The number of hydrogen-bond donors (Lipinski definition) is 10. The molecule has 11 aliphatic rings. The van der Waals surface area contributed by atoms with E-state index in [2.05, 4.69) is 6.92 Å². The van der Waals surface area contributed by atoms with Crippen molar-refractivity contribution in [1.29, 1.82) is 0 Å². The summed E-state index contributed by atoms with van der Waals surface area (Å²) < 4.78 is 0. The molecule has 0 aromatic heterocycles. The molecule has 26 aromatic rings. The minimum atomic E-state index is -1.49. The highest BCUT2D eigenvalue weighted by Gasteiger charge is 2.86. The van der Waals surface area contributed by atoms with Gasteiger partial charge in [0.05, 0.1) is 27.1 Å². The Bertz CT molecular complexity index is 8630. The summed E-state index contributed by atoms with van der Waals surface area (Å²) in [5, 5.41) is 178. The third-order valence-corrected chi connectivity index (χ3v) is 31.9. The Balaban J connectivity index is 1.04. The molecular weight excluding hydrogens is 1250 g/mol. The molecule has 101 heavy (non-hydrogen) atoms. The molecule has 0 saturated heterocycles. The lowest BCUT2D eigenvalue weighted by molar-refractivity contribution is 0.244. The zero-order valence-corrected chi connectivity index (χ0v) is 51.6. The highest BCUT2D eigenvalue weighted by atomic mass is 16.3. The van der Waals surface area contributed by atoms with Crippen LogP contribution < -0.4 is 0 Å². The number of aromatic hydroxyl groups is 10. The Kier molecular flexibility index (Phi) is 4.69. The smallest absolute Gasteiger partial charge is 0.119 e. The van der Waals surface area contributed by atoms with Crippen LogP contribution in [0.15, 0.2) is 113 Å². The van der Waals surface area contributed by atoms with E-state index < -0.39 is 32.5 Å². The SMILES string of the molecule is CC12C3=C4C5=C1C1(c6cc(O)cc(O)c6)c6c7c8c9c(c%10c%11c%12c(c%13c%14c%15c(c%16c%17c%18c(c1c1c6c6c8c8c%19c9c%11c9c%11c%12c%14c%12c%14c%15c%17c%15c%17c%18c1c1c6c8c6c(c9%19)c(c%11%12)c(c%14%15)c6c1%17)C%162c1cc(O)cc(O)c1)C3%13c1cc(O)cc(O)c1)C4%10c1cc(O)cc(O)c1)C57c1cc(O)cc(O)c1. The largest absolute Gasteiger partial charge is 0.508 e. The maximum absolute atomic E-state index is 12.9. The van der Waals surface area contributed by atoms with Gasteiger partial charge in [0, 0.05) is 35.7 Å². The van der Waals surface area contributed by atoms with Crippen molar-refractivity contribution >= 4 is 215 Å². The molecule has 0 heterocycles. The van der Waals surface area contributed by atoms with Crippen molar-refractivity contribution < 1.29 is 51.1 Å². The first-order chi connectivity index (χ1) is 49.2. The summed E-state index contributed by atoms with van der Waals surface area (Å²) in [6.07, 6.45) is 0. The molecule has 4 unspecified atom stereocenters. The van der Waals surface area contributed by atoms with E-state index in [0.717, 1.165) is 132 Å². The van der Waals surface area contributed by atoms with Crippen molar-refractivity contribution in [1.82, 2.24) is 0 Å². The molecule has 0 radical (unpaired) electrons. The normalized spacial score (nSPS) is 25.8. The van der Waals surface area contributed by atoms with Crippen molar-refractivity contribution in [2.45, 2.75) is 34.0 Å². The fourth-order valence-electron chi connectivity index (χ4n) is 31.6. The van der Waals surface area contributed by atoms with Crippen LogP contribution in [-0.2, 0) is 27.1 Å². The molecular formula is C91H28O10. The predicted molar refractivity (Wildman–Crippen MR) is 388 cm³/mol. The first-order valence-corrected chi connectivity index (χ1v) is 35.1. The summed E-state index contributed by atoms with van der Waals surface area (Å²) in [7, 11) is 0. The van der Waals surface area contributed by atoms with Gasteiger partial charge >= 0.3 is 0 Å². The molecule has 0 spiro atoms. The Morgan fingerprint density at radius 1 is 0.168 bits per heavy atom. The first kappa shape index (κ1) is 44.1. The van der Waals surface area contributed by atoms with Gasteiger partial charge in [-0.3, -0.25) is 0 Å². The van der Waals surface area contributed by atoms with E-state index in [9.17, 15) is 51.1 Å². The molecule has 452 valence electrons. The van der Waals surface area contributed by atoms with Crippen LogP contribution in [0.3, 0.4) is 0 Å². The van der Waals surface area contributed by atoms with Gasteiger partial charge in [0.25, 0.3) is 0 Å². The van der Waals surface area contributed by atoms with E-state index in [1.165, 1.54) is 192 Å². The molecule has 0 aliphatic heterocycles. The quantitative estimate of drug-likeness (QED) is 0.0739. The lowest BCUT2D eigenvalue weighted by Gasteiger charge is -2.65. The van der Waals surface area contributed by atoms with Crippen LogP contribution in [0.5, 0.6) is 57.5 Å². The molecule has 26 aromatic carbocycles. The highest BCUT2D eigenvalue weighted by Crippen LogP contribution is 2.95. The van der Waals surface area contributed by atoms with Gasteiger partial charge in [0.1, 0.15) is 57.5 Å². The van der Waals surface area contributed by atoms with E-state index in [0.29, 0.717) is 27.8 Å². The second kappa shape index (κ2) is 10.7. The average Bonchev–Trinajstić information content (AvgIpc) is 1.37. The van der Waals surface area contributed by atoms with Crippen molar-refractivity contribution in [3.8, 4) is 57.5 Å². The molecule has 0 amide bonds. The standard InChI is InChI=1S/C91H28O10/c1-86-84-82-83-85(86)90(20-8-28(98)15-29(99)9-20)77-67-57-47-39-34-32-33-35-36(34)41-49(47)59-61-51(41)50-40(35)48-46-38(33)44-42-37(32)43-45(39)55(57)65-63-53(43)52(42)62-64-54(44)56(46)66-68-58(48)60(50)70-71(61)81(79(90)69(59)67)91(86,21-10-30(100)16-31(101)11-21)80(70)78(68)89(84,19-6-26(96)14-27(97)7-19)76(66)74(64)87(82,17-2-22(92)12-23(93)3-17)72(62)73(63)88(83,75(65)77)18-4-24(94)13-25(95)5-18/h2-16,92-101H,1H3. The molecule has 0 fully saturated rings. The number of phenols is 10. The van der Waals surface area contributed by atoms with Crippen LogP contribution in [0.4, 0.5) is 0 Å². The lowest BCUT2D eigenvalue weighted by Crippen LogP contribution is -2.62. The molecule has 0 saturated carbocycles. The molecule has 0 bridgehead atoms. The molecule has 10 N–H and O–H groups in total. The van der Waals surface area contributed by atoms with Crippen molar-refractivity contribution in [2.24, 2.45) is 5.41 Å².